The monoisotopic (exact) mass is 299 g/mol. The first-order valence-corrected chi connectivity index (χ1v) is 7.48. The summed E-state index contributed by atoms with van der Waals surface area (Å²) in [4.78, 5) is 35.0. The number of carbonyl (C=O) groups excluding carboxylic acids is 3. The molecule has 0 spiro atoms. The van der Waals surface area contributed by atoms with E-state index in [1.807, 2.05) is 27.7 Å². The van der Waals surface area contributed by atoms with Crippen molar-refractivity contribution in [3.8, 4) is 0 Å². The smallest absolute Gasteiger partial charge is 0.239 e. The minimum atomic E-state index is -0.357. The summed E-state index contributed by atoms with van der Waals surface area (Å²) in [5.41, 5.74) is 0. The van der Waals surface area contributed by atoms with Crippen LogP contribution in [0, 0.1) is 11.8 Å². The Morgan fingerprint density at radius 2 is 1.43 bits per heavy atom. The van der Waals surface area contributed by atoms with Crippen LogP contribution in [0.3, 0.4) is 0 Å². The molecule has 6 heteroatoms. The second kappa shape index (κ2) is 9.50. The van der Waals surface area contributed by atoms with E-state index >= 15 is 0 Å². The first-order valence-electron chi connectivity index (χ1n) is 7.48. The molecule has 0 fully saturated rings. The lowest BCUT2D eigenvalue weighted by Crippen LogP contribution is -2.51. The molecule has 1 atom stereocenters. The lowest BCUT2D eigenvalue weighted by atomic mass is 10.0. The van der Waals surface area contributed by atoms with Gasteiger partial charge in [0.1, 0.15) is 0 Å². The van der Waals surface area contributed by atoms with Crippen molar-refractivity contribution in [1.29, 1.82) is 0 Å². The molecule has 0 aliphatic rings. The van der Waals surface area contributed by atoms with Gasteiger partial charge in [-0.1, -0.05) is 41.5 Å². The zero-order valence-electron chi connectivity index (χ0n) is 13.9. The summed E-state index contributed by atoms with van der Waals surface area (Å²) in [6, 6.07) is -0.157. The van der Waals surface area contributed by atoms with E-state index in [0.29, 0.717) is 0 Å². The minimum Gasteiger partial charge on any atom is -0.347 e. The first-order chi connectivity index (χ1) is 9.65. The number of nitrogens with one attached hydrogen (secondary N) is 3. The highest BCUT2D eigenvalue weighted by molar-refractivity contribution is 5.90. The highest BCUT2D eigenvalue weighted by Gasteiger charge is 2.22. The quantitative estimate of drug-likeness (QED) is 0.577. The average molecular weight is 299 g/mol. The van der Waals surface area contributed by atoms with E-state index in [1.54, 1.807) is 13.8 Å². The van der Waals surface area contributed by atoms with E-state index in [0.717, 1.165) is 0 Å². The van der Waals surface area contributed by atoms with E-state index in [2.05, 4.69) is 16.0 Å². The maximum absolute atomic E-state index is 12.1. The van der Waals surface area contributed by atoms with Crippen molar-refractivity contribution in [1.82, 2.24) is 16.0 Å². The number of amides is 2. The lowest BCUT2D eigenvalue weighted by molar-refractivity contribution is -0.129. The third-order valence-electron chi connectivity index (χ3n) is 2.99. The van der Waals surface area contributed by atoms with Crippen LogP contribution in [0.15, 0.2) is 0 Å². The van der Waals surface area contributed by atoms with Gasteiger partial charge >= 0.3 is 0 Å². The number of ketones is 1. The molecule has 21 heavy (non-hydrogen) atoms. The summed E-state index contributed by atoms with van der Waals surface area (Å²) in [6.45, 7) is 11.3. The van der Waals surface area contributed by atoms with E-state index in [9.17, 15) is 14.4 Å². The molecule has 0 saturated heterocycles. The van der Waals surface area contributed by atoms with Crippen LogP contribution in [-0.4, -0.2) is 42.8 Å². The molecule has 0 radical (unpaired) electrons. The fourth-order valence-electron chi connectivity index (χ4n) is 1.66. The van der Waals surface area contributed by atoms with Crippen molar-refractivity contribution in [2.24, 2.45) is 11.8 Å². The van der Waals surface area contributed by atoms with Gasteiger partial charge in [-0.05, 0) is 5.92 Å². The number of hydrogen-bond acceptors (Lipinski definition) is 4. The Balaban J connectivity index is 4.21. The van der Waals surface area contributed by atoms with Crippen molar-refractivity contribution in [2.45, 2.75) is 53.6 Å². The van der Waals surface area contributed by atoms with Crippen molar-refractivity contribution < 1.29 is 14.4 Å². The fourth-order valence-corrected chi connectivity index (χ4v) is 1.66. The summed E-state index contributed by atoms with van der Waals surface area (Å²) in [7, 11) is 0. The molecule has 2 amide bonds. The fraction of sp³-hybridized carbons (Fsp3) is 0.800. The zero-order chi connectivity index (χ0) is 16.6. The van der Waals surface area contributed by atoms with Gasteiger partial charge in [0.25, 0.3) is 0 Å². The average Bonchev–Trinajstić information content (AvgIpc) is 2.38. The molecule has 3 N–H and O–H groups in total. The summed E-state index contributed by atoms with van der Waals surface area (Å²) in [6.07, 6.45) is 0. The summed E-state index contributed by atoms with van der Waals surface area (Å²) < 4.78 is 0. The molecule has 0 bridgehead atoms. The van der Waals surface area contributed by atoms with Crippen LogP contribution < -0.4 is 16.0 Å². The van der Waals surface area contributed by atoms with Crippen LogP contribution in [-0.2, 0) is 14.4 Å². The predicted molar refractivity (Wildman–Crippen MR) is 82.8 cm³/mol. The van der Waals surface area contributed by atoms with Gasteiger partial charge < -0.3 is 16.0 Å². The molecule has 0 aliphatic carbocycles. The molecule has 0 aromatic carbocycles. The Morgan fingerprint density at radius 1 is 0.857 bits per heavy atom. The Hall–Kier alpha value is -1.43. The standard InChI is InChI=1S/C15H29N3O3/c1-9(2)12(19)7-16-13(20)8-17-15(21)14(10(3)4)18-11(5)6/h9-11,14,18H,7-8H2,1-6H3,(H,16,20)(H,17,21). The van der Waals surface area contributed by atoms with Gasteiger partial charge in [-0.25, -0.2) is 0 Å². The Bertz CT molecular complexity index is 365. The molecule has 0 aromatic rings. The first kappa shape index (κ1) is 19.6. The maximum atomic E-state index is 12.1. The molecular formula is C15H29N3O3. The van der Waals surface area contributed by atoms with E-state index in [-0.39, 0.29) is 54.6 Å². The topological polar surface area (TPSA) is 87.3 Å². The lowest BCUT2D eigenvalue weighted by Gasteiger charge is -2.23. The molecular weight excluding hydrogens is 270 g/mol. The zero-order valence-corrected chi connectivity index (χ0v) is 13.9. The van der Waals surface area contributed by atoms with E-state index < -0.39 is 0 Å². The number of carbonyl (C=O) groups is 3. The van der Waals surface area contributed by atoms with Gasteiger partial charge in [0, 0.05) is 12.0 Å². The molecule has 122 valence electrons. The Morgan fingerprint density at radius 3 is 1.86 bits per heavy atom. The summed E-state index contributed by atoms with van der Waals surface area (Å²) >= 11 is 0. The maximum Gasteiger partial charge on any atom is 0.239 e. The van der Waals surface area contributed by atoms with Gasteiger partial charge in [-0.3, -0.25) is 14.4 Å². The van der Waals surface area contributed by atoms with Gasteiger partial charge in [0.15, 0.2) is 5.78 Å². The Labute approximate surface area is 127 Å². The van der Waals surface area contributed by atoms with Gasteiger partial charge in [-0.2, -0.15) is 0 Å². The van der Waals surface area contributed by atoms with Gasteiger partial charge in [0.2, 0.25) is 11.8 Å². The molecule has 0 rings (SSSR count). The SMILES string of the molecule is CC(C)NC(C(=O)NCC(=O)NCC(=O)C(C)C)C(C)C. The van der Waals surface area contributed by atoms with Crippen LogP contribution in [0.2, 0.25) is 0 Å². The predicted octanol–water partition coefficient (Wildman–Crippen LogP) is 0.467. The van der Waals surface area contributed by atoms with E-state index in [1.165, 1.54) is 0 Å². The van der Waals surface area contributed by atoms with Crippen LogP contribution >= 0.6 is 0 Å². The van der Waals surface area contributed by atoms with Crippen LogP contribution in [0.25, 0.3) is 0 Å². The third-order valence-corrected chi connectivity index (χ3v) is 2.99. The Kier molecular flexibility index (Phi) is 8.85. The van der Waals surface area contributed by atoms with Crippen molar-refractivity contribution in [2.75, 3.05) is 13.1 Å². The largest absolute Gasteiger partial charge is 0.347 e. The molecule has 0 saturated carbocycles. The normalized spacial score (nSPS) is 12.6. The number of Topliss-reactive ketones (excluding diaryl/α,β-unsaturated/α-hetero) is 1. The molecule has 0 aromatic heterocycles. The highest BCUT2D eigenvalue weighted by Crippen LogP contribution is 2.02. The second-order valence-corrected chi connectivity index (χ2v) is 6.16. The van der Waals surface area contributed by atoms with Gasteiger partial charge in [-0.15, -0.1) is 0 Å². The van der Waals surface area contributed by atoms with Crippen molar-refractivity contribution in [3.05, 3.63) is 0 Å². The second-order valence-electron chi connectivity index (χ2n) is 6.16. The minimum absolute atomic E-state index is 0.00419. The number of hydrogen-bond donors (Lipinski definition) is 3. The van der Waals surface area contributed by atoms with Crippen LogP contribution in [0.1, 0.15) is 41.5 Å². The molecule has 1 unspecified atom stereocenters. The molecule has 0 aliphatic heterocycles. The van der Waals surface area contributed by atoms with Crippen molar-refractivity contribution >= 4 is 17.6 Å². The summed E-state index contributed by atoms with van der Waals surface area (Å²) in [5.74, 6) is -0.580. The van der Waals surface area contributed by atoms with Gasteiger partial charge in [0.05, 0.1) is 19.1 Å². The summed E-state index contributed by atoms with van der Waals surface area (Å²) in [5, 5.41) is 8.27. The van der Waals surface area contributed by atoms with Crippen molar-refractivity contribution in [3.63, 3.8) is 0 Å². The number of rotatable bonds is 9. The highest BCUT2D eigenvalue weighted by atomic mass is 16.2. The van der Waals surface area contributed by atoms with E-state index in [4.69, 9.17) is 0 Å². The van der Waals surface area contributed by atoms with Crippen LogP contribution in [0.4, 0.5) is 0 Å². The molecule has 6 nitrogen and oxygen atoms in total. The third kappa shape index (κ3) is 8.45. The van der Waals surface area contributed by atoms with Crippen LogP contribution in [0.5, 0.6) is 0 Å². The molecule has 0 heterocycles.